The number of nitrogens with zero attached hydrogens (tertiary/aromatic N) is 6. The average molecular weight is 557 g/mol. The van der Waals surface area contributed by atoms with Crippen molar-refractivity contribution >= 4 is 23.2 Å². The lowest BCUT2D eigenvalue weighted by molar-refractivity contribution is 0.324. The number of hydrogen-bond acceptors (Lipinski definition) is 8. The fourth-order valence-electron chi connectivity index (χ4n) is 4.26. The third-order valence-corrected chi connectivity index (χ3v) is 7.19. The molecule has 0 amide bonds. The molecule has 0 unspecified atom stereocenters. The van der Waals surface area contributed by atoms with Crippen molar-refractivity contribution in [1.82, 2.24) is 19.0 Å². The van der Waals surface area contributed by atoms with Crippen LogP contribution < -0.4 is 24.6 Å². The van der Waals surface area contributed by atoms with Crippen molar-refractivity contribution in [2.75, 3.05) is 21.3 Å². The van der Waals surface area contributed by atoms with Gasteiger partial charge in [-0.05, 0) is 43.3 Å². The van der Waals surface area contributed by atoms with Crippen LogP contribution in [0, 0.1) is 6.92 Å². The molecule has 3 aromatic heterocycles. The topological polar surface area (TPSA) is 97.2 Å². The monoisotopic (exact) mass is 556 g/mol. The summed E-state index contributed by atoms with van der Waals surface area (Å²) >= 11 is 1.36. The Morgan fingerprint density at radius 2 is 1.65 bits per heavy atom. The molecule has 40 heavy (non-hydrogen) atoms. The quantitative estimate of drug-likeness (QED) is 0.261. The van der Waals surface area contributed by atoms with E-state index >= 15 is 0 Å². The molecule has 204 valence electrons. The third-order valence-electron chi connectivity index (χ3n) is 6.37. The Hall–Kier alpha value is -4.90. The molecule has 0 bridgehead atoms. The number of methoxy groups -OCH3 is 3. The maximum Gasteiger partial charge on any atom is 0.297 e. The second-order valence-electron chi connectivity index (χ2n) is 8.65. The average Bonchev–Trinajstić information content (AvgIpc) is 3.49. The summed E-state index contributed by atoms with van der Waals surface area (Å²) in [6, 6.07) is 18.7. The highest BCUT2D eigenvalue weighted by molar-refractivity contribution is 7.07. The zero-order valence-corrected chi connectivity index (χ0v) is 23.5. The lowest BCUT2D eigenvalue weighted by Crippen LogP contribution is -2.19. The standard InChI is InChI=1S/C29H28N6O4S/c1-19-26(28(36)35(33(19)2)22-12-7-6-8-13-22)32-29-34(31-17-21-11-9-10-14-30-21)23(18-40-29)20-15-24(37-3)27(39-5)25(16-20)38-4/h6-18H,1-5H3. The first-order chi connectivity index (χ1) is 19.5. The van der Waals surface area contributed by atoms with Gasteiger partial charge in [0.15, 0.2) is 17.2 Å². The van der Waals surface area contributed by atoms with Gasteiger partial charge in [0.2, 0.25) is 10.6 Å². The maximum atomic E-state index is 13.6. The highest BCUT2D eigenvalue weighted by Crippen LogP contribution is 2.41. The van der Waals surface area contributed by atoms with Crippen LogP contribution in [-0.2, 0) is 7.05 Å². The van der Waals surface area contributed by atoms with E-state index in [4.69, 9.17) is 24.3 Å². The zero-order valence-electron chi connectivity index (χ0n) is 22.7. The lowest BCUT2D eigenvalue weighted by Gasteiger charge is -2.14. The van der Waals surface area contributed by atoms with E-state index in [9.17, 15) is 4.79 Å². The molecular weight excluding hydrogens is 528 g/mol. The SMILES string of the molecule is COc1cc(-c2csc(=Nc3c(C)n(C)n(-c4ccccc4)c3=O)n2N=Cc2ccccn2)cc(OC)c1OC. The minimum atomic E-state index is -0.228. The van der Waals surface area contributed by atoms with Gasteiger partial charge in [0.05, 0.1) is 50.3 Å². The number of para-hydroxylation sites is 1. The summed E-state index contributed by atoms with van der Waals surface area (Å²) in [7, 11) is 6.53. The van der Waals surface area contributed by atoms with Gasteiger partial charge >= 0.3 is 0 Å². The van der Waals surface area contributed by atoms with Crippen LogP contribution in [0.1, 0.15) is 11.4 Å². The molecule has 5 rings (SSSR count). The van der Waals surface area contributed by atoms with Crippen LogP contribution in [0.4, 0.5) is 5.69 Å². The van der Waals surface area contributed by atoms with E-state index in [1.807, 2.05) is 80.0 Å². The Morgan fingerprint density at radius 3 is 2.27 bits per heavy atom. The van der Waals surface area contributed by atoms with Crippen LogP contribution in [0.5, 0.6) is 17.2 Å². The number of pyridine rings is 1. The van der Waals surface area contributed by atoms with Crippen LogP contribution in [0.2, 0.25) is 0 Å². The van der Waals surface area contributed by atoms with Gasteiger partial charge in [-0.3, -0.25) is 14.5 Å². The van der Waals surface area contributed by atoms with Gasteiger partial charge in [0.25, 0.3) is 5.56 Å². The van der Waals surface area contributed by atoms with Crippen LogP contribution in [0.3, 0.4) is 0 Å². The molecule has 0 aliphatic heterocycles. The van der Waals surface area contributed by atoms with Crippen molar-refractivity contribution in [1.29, 1.82) is 0 Å². The molecule has 0 spiro atoms. The summed E-state index contributed by atoms with van der Waals surface area (Å²) in [5.41, 5.74) is 3.72. The van der Waals surface area contributed by atoms with E-state index in [0.29, 0.717) is 39.1 Å². The number of hydrogen-bond donors (Lipinski definition) is 0. The second kappa shape index (κ2) is 11.5. The van der Waals surface area contributed by atoms with E-state index in [-0.39, 0.29) is 5.56 Å². The Balaban J connectivity index is 1.73. The summed E-state index contributed by atoms with van der Waals surface area (Å²) in [6.45, 7) is 1.87. The van der Waals surface area contributed by atoms with Crippen LogP contribution in [0.15, 0.2) is 87.1 Å². The summed E-state index contributed by atoms with van der Waals surface area (Å²) in [6.07, 6.45) is 3.34. The molecule has 2 aromatic carbocycles. The minimum absolute atomic E-state index is 0.228. The first kappa shape index (κ1) is 26.7. The smallest absolute Gasteiger partial charge is 0.297 e. The largest absolute Gasteiger partial charge is 0.493 e. The van der Waals surface area contributed by atoms with Crippen molar-refractivity contribution < 1.29 is 14.2 Å². The first-order valence-corrected chi connectivity index (χ1v) is 13.2. The van der Waals surface area contributed by atoms with Gasteiger partial charge in [0.1, 0.15) is 0 Å². The molecule has 11 heteroatoms. The fraction of sp³-hybridized carbons (Fsp3) is 0.172. The van der Waals surface area contributed by atoms with Gasteiger partial charge in [0, 0.05) is 24.2 Å². The van der Waals surface area contributed by atoms with Gasteiger partial charge < -0.3 is 14.2 Å². The van der Waals surface area contributed by atoms with E-state index in [1.54, 1.807) is 47.8 Å². The molecule has 0 aliphatic rings. The molecule has 0 saturated carbocycles. The maximum absolute atomic E-state index is 13.6. The van der Waals surface area contributed by atoms with Crippen molar-refractivity contribution in [2.24, 2.45) is 17.1 Å². The van der Waals surface area contributed by atoms with Crippen LogP contribution in [0.25, 0.3) is 16.9 Å². The minimum Gasteiger partial charge on any atom is -0.493 e. The molecular formula is C29H28N6O4S. The Morgan fingerprint density at radius 1 is 0.950 bits per heavy atom. The zero-order chi connectivity index (χ0) is 28.2. The molecule has 0 aliphatic carbocycles. The summed E-state index contributed by atoms with van der Waals surface area (Å²) < 4.78 is 21.7. The molecule has 10 nitrogen and oxygen atoms in total. The van der Waals surface area contributed by atoms with Gasteiger partial charge in [-0.15, -0.1) is 11.3 Å². The molecule has 5 aromatic rings. The molecule has 3 heterocycles. The van der Waals surface area contributed by atoms with Crippen LogP contribution in [-0.4, -0.2) is 46.6 Å². The predicted molar refractivity (Wildman–Crippen MR) is 156 cm³/mol. The van der Waals surface area contributed by atoms with E-state index in [2.05, 4.69) is 4.98 Å². The summed E-state index contributed by atoms with van der Waals surface area (Å²) in [4.78, 5) is 23.2. The van der Waals surface area contributed by atoms with Gasteiger partial charge in [-0.1, -0.05) is 24.3 Å². The fourth-order valence-corrected chi connectivity index (χ4v) is 5.11. The number of rotatable bonds is 8. The highest BCUT2D eigenvalue weighted by atomic mass is 32.1. The normalized spacial score (nSPS) is 11.8. The molecule has 0 fully saturated rings. The van der Waals surface area contributed by atoms with Crippen molar-refractivity contribution in [3.8, 4) is 34.2 Å². The molecule has 0 saturated heterocycles. The number of ether oxygens (including phenoxy) is 3. The third kappa shape index (κ3) is 4.94. The first-order valence-electron chi connectivity index (χ1n) is 12.3. The van der Waals surface area contributed by atoms with E-state index in [1.165, 1.54) is 11.3 Å². The number of aromatic nitrogens is 4. The Labute approximate surface area is 234 Å². The number of thiazole rings is 1. The second-order valence-corrected chi connectivity index (χ2v) is 9.49. The molecule has 0 atom stereocenters. The molecule has 0 N–H and O–H groups in total. The highest BCUT2D eigenvalue weighted by Gasteiger charge is 2.19. The van der Waals surface area contributed by atoms with Crippen molar-refractivity contribution in [3.63, 3.8) is 0 Å². The predicted octanol–water partition coefficient (Wildman–Crippen LogP) is 4.55. The van der Waals surface area contributed by atoms with Crippen molar-refractivity contribution in [2.45, 2.75) is 6.92 Å². The number of benzene rings is 2. The van der Waals surface area contributed by atoms with Crippen molar-refractivity contribution in [3.05, 3.63) is 98.8 Å². The summed E-state index contributed by atoms with van der Waals surface area (Å²) in [5, 5.41) is 6.65. The molecule has 0 radical (unpaired) electrons. The van der Waals surface area contributed by atoms with E-state index in [0.717, 1.165) is 16.9 Å². The van der Waals surface area contributed by atoms with Gasteiger partial charge in [-0.25, -0.2) is 14.4 Å². The van der Waals surface area contributed by atoms with Gasteiger partial charge in [-0.2, -0.15) is 5.10 Å². The lowest BCUT2D eigenvalue weighted by atomic mass is 10.1. The Bertz CT molecular complexity index is 1780. The van der Waals surface area contributed by atoms with Crippen LogP contribution >= 0.6 is 11.3 Å². The van der Waals surface area contributed by atoms with E-state index < -0.39 is 0 Å². The summed E-state index contributed by atoms with van der Waals surface area (Å²) in [5.74, 6) is 1.50. The Kier molecular flexibility index (Phi) is 7.65.